The van der Waals surface area contributed by atoms with Gasteiger partial charge in [-0.15, -0.1) is 0 Å². The summed E-state index contributed by atoms with van der Waals surface area (Å²) in [6.07, 6.45) is -4.01. The lowest BCUT2D eigenvalue weighted by Gasteiger charge is -2.09. The number of carboxylic acids is 1. The molecule has 0 aliphatic heterocycles. The minimum absolute atomic E-state index is 0.236. The van der Waals surface area contributed by atoms with Crippen LogP contribution in [-0.4, -0.2) is 28.1 Å². The molecule has 0 radical (unpaired) electrons. The van der Waals surface area contributed by atoms with E-state index in [9.17, 15) is 22.8 Å². The number of carboxylic acid groups (broad SMARTS) is 1. The van der Waals surface area contributed by atoms with E-state index in [1.54, 1.807) is 0 Å². The molecule has 0 aliphatic carbocycles. The van der Waals surface area contributed by atoms with Gasteiger partial charge in [0.25, 0.3) is 0 Å². The molecule has 1 amide bonds. The fourth-order valence-corrected chi connectivity index (χ4v) is 1.23. The Morgan fingerprint density at radius 3 is 2.47 bits per heavy atom. The highest BCUT2D eigenvalue weighted by atomic mass is 79.9. The maximum absolute atomic E-state index is 12.0. The van der Waals surface area contributed by atoms with Crippen molar-refractivity contribution in [1.29, 1.82) is 0 Å². The van der Waals surface area contributed by atoms with Crippen LogP contribution in [0.1, 0.15) is 10.5 Å². The Morgan fingerprint density at radius 1 is 1.41 bits per heavy atom. The van der Waals surface area contributed by atoms with Crippen molar-refractivity contribution in [3.8, 4) is 0 Å². The fourth-order valence-electron chi connectivity index (χ4n) is 0.898. The molecule has 0 saturated heterocycles. The van der Waals surface area contributed by atoms with Crippen molar-refractivity contribution in [1.82, 2.24) is 4.98 Å². The minimum atomic E-state index is -5.10. The summed E-state index contributed by atoms with van der Waals surface area (Å²) in [4.78, 5) is 24.7. The molecule has 92 valence electrons. The summed E-state index contributed by atoms with van der Waals surface area (Å²) >= 11 is 2.90. The lowest BCUT2D eigenvalue weighted by Crippen LogP contribution is -2.30. The first-order valence-corrected chi connectivity index (χ1v) is 4.78. The van der Waals surface area contributed by atoms with Crippen molar-refractivity contribution < 1.29 is 27.9 Å². The third-order valence-corrected chi connectivity index (χ3v) is 2.00. The van der Waals surface area contributed by atoms with Crippen LogP contribution in [0.5, 0.6) is 0 Å². The molecule has 0 fully saturated rings. The monoisotopic (exact) mass is 312 g/mol. The molecule has 0 spiro atoms. The maximum Gasteiger partial charge on any atom is 0.471 e. The summed E-state index contributed by atoms with van der Waals surface area (Å²) in [6, 6.07) is 1.01. The molecule has 0 aliphatic rings. The average molecular weight is 313 g/mol. The number of carbonyl (C=O) groups excluding carboxylic acids is 1. The van der Waals surface area contributed by atoms with Crippen LogP contribution in [0.25, 0.3) is 0 Å². The number of halogens is 4. The molecule has 1 aromatic heterocycles. The van der Waals surface area contributed by atoms with E-state index in [0.717, 1.165) is 12.3 Å². The molecular weight excluding hydrogens is 309 g/mol. The number of alkyl halides is 3. The van der Waals surface area contributed by atoms with E-state index in [2.05, 4.69) is 20.9 Å². The molecule has 5 nitrogen and oxygen atoms in total. The predicted molar refractivity (Wildman–Crippen MR) is 53.6 cm³/mol. The van der Waals surface area contributed by atoms with Gasteiger partial charge in [0, 0.05) is 10.7 Å². The Labute approximate surface area is 101 Å². The van der Waals surface area contributed by atoms with Crippen molar-refractivity contribution in [2.24, 2.45) is 0 Å². The van der Waals surface area contributed by atoms with Crippen LogP contribution < -0.4 is 5.32 Å². The topological polar surface area (TPSA) is 79.3 Å². The summed E-state index contributed by atoms with van der Waals surface area (Å²) < 4.78 is 36.2. The lowest BCUT2D eigenvalue weighted by molar-refractivity contribution is -0.167. The van der Waals surface area contributed by atoms with Crippen LogP contribution >= 0.6 is 15.9 Å². The van der Waals surface area contributed by atoms with Crippen molar-refractivity contribution in [2.45, 2.75) is 6.18 Å². The van der Waals surface area contributed by atoms with E-state index >= 15 is 0 Å². The van der Waals surface area contributed by atoms with E-state index in [1.807, 2.05) is 0 Å². The molecule has 0 atom stereocenters. The zero-order chi connectivity index (χ0) is 13.2. The molecule has 0 bridgehead atoms. The maximum atomic E-state index is 12.0. The molecule has 1 rings (SSSR count). The third kappa shape index (κ3) is 3.41. The number of nitrogens with one attached hydrogen (secondary N) is 1. The summed E-state index contributed by atoms with van der Waals surface area (Å²) in [5.41, 5.74) is -1.21. The molecule has 0 unspecified atom stereocenters. The quantitative estimate of drug-likeness (QED) is 0.876. The number of rotatable bonds is 2. The largest absolute Gasteiger partial charge is 0.476 e. The lowest BCUT2D eigenvalue weighted by atomic mass is 10.3. The van der Waals surface area contributed by atoms with E-state index in [1.165, 1.54) is 5.32 Å². The van der Waals surface area contributed by atoms with Gasteiger partial charge in [0.05, 0.1) is 5.69 Å². The first-order chi connectivity index (χ1) is 7.71. The summed E-state index contributed by atoms with van der Waals surface area (Å²) in [5.74, 6) is -3.81. The molecular formula is C8H4BrF3N2O3. The number of anilines is 1. The number of aromatic nitrogens is 1. The first kappa shape index (κ1) is 13.4. The Hall–Kier alpha value is -1.64. The predicted octanol–water partition coefficient (Wildman–Crippen LogP) is 2.04. The number of nitrogens with zero attached hydrogens (tertiary/aromatic N) is 1. The highest BCUT2D eigenvalue weighted by Gasteiger charge is 2.39. The van der Waals surface area contributed by atoms with E-state index in [4.69, 9.17) is 5.11 Å². The van der Waals surface area contributed by atoms with E-state index in [0.29, 0.717) is 0 Å². The number of aromatic carboxylic acids is 1. The van der Waals surface area contributed by atoms with Gasteiger partial charge in [-0.25, -0.2) is 9.78 Å². The normalized spacial score (nSPS) is 11.1. The van der Waals surface area contributed by atoms with Crippen LogP contribution in [0.3, 0.4) is 0 Å². The second-order valence-corrected chi connectivity index (χ2v) is 3.72. The van der Waals surface area contributed by atoms with Gasteiger partial charge in [-0.1, -0.05) is 0 Å². The van der Waals surface area contributed by atoms with Crippen LogP contribution in [0.4, 0.5) is 18.9 Å². The Morgan fingerprint density at radius 2 is 2.00 bits per heavy atom. The average Bonchev–Trinajstić information content (AvgIpc) is 2.15. The number of hydrogen-bond donors (Lipinski definition) is 2. The molecule has 1 aromatic rings. The van der Waals surface area contributed by atoms with Gasteiger partial charge in [0.2, 0.25) is 0 Å². The van der Waals surface area contributed by atoms with Gasteiger partial charge in [0.15, 0.2) is 5.69 Å². The van der Waals surface area contributed by atoms with Crippen LogP contribution in [0.2, 0.25) is 0 Å². The zero-order valence-corrected chi connectivity index (χ0v) is 9.46. The molecule has 2 N–H and O–H groups in total. The van der Waals surface area contributed by atoms with Crippen molar-refractivity contribution >= 4 is 33.5 Å². The highest BCUT2D eigenvalue weighted by Crippen LogP contribution is 2.22. The van der Waals surface area contributed by atoms with Gasteiger partial charge in [-0.3, -0.25) is 4.79 Å². The number of hydrogen-bond acceptors (Lipinski definition) is 3. The Bertz CT molecular complexity index is 476. The summed E-state index contributed by atoms with van der Waals surface area (Å²) in [6.45, 7) is 0. The Balaban J connectivity index is 3.09. The summed E-state index contributed by atoms with van der Waals surface area (Å²) in [5, 5.41) is 10.1. The van der Waals surface area contributed by atoms with Crippen molar-refractivity contribution in [2.75, 3.05) is 5.32 Å². The van der Waals surface area contributed by atoms with Gasteiger partial charge in [-0.2, -0.15) is 13.2 Å². The van der Waals surface area contributed by atoms with E-state index < -0.39 is 29.4 Å². The summed E-state index contributed by atoms with van der Waals surface area (Å²) in [7, 11) is 0. The zero-order valence-electron chi connectivity index (χ0n) is 7.88. The van der Waals surface area contributed by atoms with Gasteiger partial charge in [0.1, 0.15) is 0 Å². The Kier molecular flexibility index (Phi) is 3.71. The van der Waals surface area contributed by atoms with Crippen LogP contribution in [0, 0.1) is 0 Å². The fraction of sp³-hybridized carbons (Fsp3) is 0.125. The molecule has 0 aromatic carbocycles. The number of carbonyl (C=O) groups is 2. The number of amides is 1. The molecule has 1 heterocycles. The van der Waals surface area contributed by atoms with Crippen molar-refractivity contribution in [3.05, 3.63) is 22.4 Å². The van der Waals surface area contributed by atoms with Crippen LogP contribution in [-0.2, 0) is 4.79 Å². The van der Waals surface area contributed by atoms with Gasteiger partial charge in [-0.05, 0) is 22.0 Å². The number of pyridine rings is 1. The second kappa shape index (κ2) is 4.70. The molecule has 9 heteroatoms. The molecule has 0 saturated carbocycles. The van der Waals surface area contributed by atoms with Crippen molar-refractivity contribution in [3.63, 3.8) is 0 Å². The highest BCUT2D eigenvalue weighted by molar-refractivity contribution is 9.10. The SMILES string of the molecule is O=C(O)c1ncc(Br)cc1NC(=O)C(F)(F)F. The van der Waals surface area contributed by atoms with Gasteiger partial charge < -0.3 is 10.4 Å². The van der Waals surface area contributed by atoms with E-state index in [-0.39, 0.29) is 4.47 Å². The standard InChI is InChI=1S/C8H4BrF3N2O3/c9-3-1-4(5(6(15)16)13-2-3)14-7(17)8(10,11)12/h1-2H,(H,14,17)(H,15,16). The smallest absolute Gasteiger partial charge is 0.471 e. The minimum Gasteiger partial charge on any atom is -0.476 e. The second-order valence-electron chi connectivity index (χ2n) is 2.81. The first-order valence-electron chi connectivity index (χ1n) is 3.99. The third-order valence-electron chi connectivity index (χ3n) is 1.56. The van der Waals surface area contributed by atoms with Crippen LogP contribution in [0.15, 0.2) is 16.7 Å². The molecule has 17 heavy (non-hydrogen) atoms. The van der Waals surface area contributed by atoms with Gasteiger partial charge >= 0.3 is 18.1 Å².